The van der Waals surface area contributed by atoms with E-state index >= 15 is 0 Å². The monoisotopic (exact) mass is 250 g/mol. The standard InChI is InChI=1S/C11H14N4O3/c1-7-8(5-13-18-7)4-12-10(16)9-6-15(2)14-11(9)17-3/h5-6H,4H2,1-3H3,(H,12,16). The largest absolute Gasteiger partial charge is 0.479 e. The van der Waals surface area contributed by atoms with Crippen molar-refractivity contribution in [3.63, 3.8) is 0 Å². The molecule has 0 aliphatic rings. The zero-order chi connectivity index (χ0) is 13.1. The average Bonchev–Trinajstić information content (AvgIpc) is 2.92. The zero-order valence-electron chi connectivity index (χ0n) is 10.4. The lowest BCUT2D eigenvalue weighted by molar-refractivity contribution is 0.0947. The Labute approximate surface area is 104 Å². The van der Waals surface area contributed by atoms with Crippen LogP contribution in [0, 0.1) is 6.92 Å². The van der Waals surface area contributed by atoms with E-state index in [1.54, 1.807) is 26.4 Å². The first-order chi connectivity index (χ1) is 8.61. The minimum Gasteiger partial charge on any atom is -0.479 e. The molecule has 2 aromatic heterocycles. The molecule has 96 valence electrons. The van der Waals surface area contributed by atoms with Gasteiger partial charge in [-0.05, 0) is 6.92 Å². The first-order valence-corrected chi connectivity index (χ1v) is 5.37. The Kier molecular flexibility index (Phi) is 3.31. The molecule has 0 aromatic carbocycles. The zero-order valence-corrected chi connectivity index (χ0v) is 10.4. The number of nitrogens with one attached hydrogen (secondary N) is 1. The summed E-state index contributed by atoms with van der Waals surface area (Å²) in [5.74, 6) is 0.742. The Morgan fingerprint density at radius 1 is 1.61 bits per heavy atom. The van der Waals surface area contributed by atoms with Gasteiger partial charge in [-0.1, -0.05) is 5.16 Å². The van der Waals surface area contributed by atoms with Crippen molar-refractivity contribution < 1.29 is 14.1 Å². The van der Waals surface area contributed by atoms with Crippen LogP contribution >= 0.6 is 0 Å². The Balaban J connectivity index is 2.06. The van der Waals surface area contributed by atoms with Crippen molar-refractivity contribution in [2.75, 3.05) is 7.11 Å². The van der Waals surface area contributed by atoms with E-state index in [0.717, 1.165) is 5.56 Å². The number of hydrogen-bond donors (Lipinski definition) is 1. The number of aromatic nitrogens is 3. The summed E-state index contributed by atoms with van der Waals surface area (Å²) in [6, 6.07) is 0. The quantitative estimate of drug-likeness (QED) is 0.861. The molecule has 0 saturated carbocycles. The fourth-order valence-electron chi connectivity index (χ4n) is 1.53. The van der Waals surface area contributed by atoms with E-state index in [1.165, 1.54) is 11.8 Å². The van der Waals surface area contributed by atoms with E-state index in [0.29, 0.717) is 23.7 Å². The molecule has 7 nitrogen and oxygen atoms in total. The van der Waals surface area contributed by atoms with Crippen LogP contribution in [0.25, 0.3) is 0 Å². The van der Waals surface area contributed by atoms with E-state index < -0.39 is 0 Å². The van der Waals surface area contributed by atoms with Gasteiger partial charge in [-0.2, -0.15) is 0 Å². The molecule has 2 rings (SSSR count). The van der Waals surface area contributed by atoms with Gasteiger partial charge in [0.05, 0.1) is 13.3 Å². The molecule has 18 heavy (non-hydrogen) atoms. The molecule has 0 spiro atoms. The van der Waals surface area contributed by atoms with E-state index in [9.17, 15) is 4.79 Å². The smallest absolute Gasteiger partial charge is 0.258 e. The number of amides is 1. The van der Waals surface area contributed by atoms with E-state index in [1.807, 2.05) is 0 Å². The maximum Gasteiger partial charge on any atom is 0.258 e. The van der Waals surface area contributed by atoms with E-state index in [4.69, 9.17) is 9.26 Å². The summed E-state index contributed by atoms with van der Waals surface area (Å²) in [6.45, 7) is 2.14. The van der Waals surface area contributed by atoms with Gasteiger partial charge < -0.3 is 14.6 Å². The number of carbonyl (C=O) groups excluding carboxylic acids is 1. The van der Waals surface area contributed by atoms with Gasteiger partial charge in [0.25, 0.3) is 5.91 Å². The molecule has 2 aromatic rings. The summed E-state index contributed by atoms with van der Waals surface area (Å²) in [5, 5.41) is 10.4. The lowest BCUT2D eigenvalue weighted by Gasteiger charge is -2.03. The number of ether oxygens (including phenoxy) is 1. The number of carbonyl (C=O) groups is 1. The number of rotatable bonds is 4. The molecule has 0 atom stereocenters. The van der Waals surface area contributed by atoms with Crippen LogP contribution in [-0.2, 0) is 13.6 Å². The summed E-state index contributed by atoms with van der Waals surface area (Å²) in [7, 11) is 3.20. The molecule has 1 amide bonds. The summed E-state index contributed by atoms with van der Waals surface area (Å²) >= 11 is 0. The van der Waals surface area contributed by atoms with E-state index in [2.05, 4.69) is 15.6 Å². The number of aryl methyl sites for hydroxylation is 2. The van der Waals surface area contributed by atoms with Gasteiger partial charge in [-0.3, -0.25) is 9.48 Å². The van der Waals surface area contributed by atoms with Crippen molar-refractivity contribution in [1.29, 1.82) is 0 Å². The topological polar surface area (TPSA) is 82.2 Å². The van der Waals surface area contributed by atoms with Gasteiger partial charge in [-0.25, -0.2) is 0 Å². The third-order valence-electron chi connectivity index (χ3n) is 2.52. The second kappa shape index (κ2) is 4.91. The summed E-state index contributed by atoms with van der Waals surface area (Å²) < 4.78 is 11.5. The first-order valence-electron chi connectivity index (χ1n) is 5.37. The number of hydrogen-bond acceptors (Lipinski definition) is 5. The van der Waals surface area contributed by atoms with E-state index in [-0.39, 0.29) is 5.91 Å². The normalized spacial score (nSPS) is 10.4. The predicted octanol–water partition coefficient (Wildman–Crippen LogP) is 0.655. The first kappa shape index (κ1) is 12.2. The van der Waals surface area contributed by atoms with Crippen LogP contribution in [0.4, 0.5) is 0 Å². The molecule has 0 aliphatic heterocycles. The molecule has 7 heteroatoms. The number of nitrogens with zero attached hydrogens (tertiary/aromatic N) is 3. The van der Waals surface area contributed by atoms with Gasteiger partial charge in [0.1, 0.15) is 11.3 Å². The molecule has 2 heterocycles. The van der Waals surface area contributed by atoms with Crippen molar-refractivity contribution in [2.45, 2.75) is 13.5 Å². The summed E-state index contributed by atoms with van der Waals surface area (Å²) in [5.41, 5.74) is 1.24. The predicted molar refractivity (Wildman–Crippen MR) is 62.2 cm³/mol. The highest BCUT2D eigenvalue weighted by atomic mass is 16.5. The Morgan fingerprint density at radius 3 is 3.00 bits per heavy atom. The fraction of sp³-hybridized carbons (Fsp3) is 0.364. The maximum atomic E-state index is 11.9. The van der Waals surface area contributed by atoms with Crippen LogP contribution in [0.2, 0.25) is 0 Å². The van der Waals surface area contributed by atoms with Crippen molar-refractivity contribution in [3.05, 3.63) is 29.3 Å². The van der Waals surface area contributed by atoms with Crippen molar-refractivity contribution in [2.24, 2.45) is 7.05 Å². The third-order valence-corrected chi connectivity index (χ3v) is 2.52. The highest BCUT2D eigenvalue weighted by Crippen LogP contribution is 2.14. The average molecular weight is 250 g/mol. The van der Waals surface area contributed by atoms with Crippen LogP contribution < -0.4 is 10.1 Å². The molecule has 0 saturated heterocycles. The second-order valence-electron chi connectivity index (χ2n) is 3.82. The molecule has 0 radical (unpaired) electrons. The van der Waals surface area contributed by atoms with Gasteiger partial charge >= 0.3 is 0 Å². The second-order valence-corrected chi connectivity index (χ2v) is 3.82. The van der Waals surface area contributed by atoms with Gasteiger partial charge in [0, 0.05) is 25.4 Å². The minimum atomic E-state index is -0.249. The summed E-state index contributed by atoms with van der Waals surface area (Å²) in [4.78, 5) is 11.9. The van der Waals surface area contributed by atoms with Crippen LogP contribution in [0.5, 0.6) is 5.88 Å². The third kappa shape index (κ3) is 2.34. The highest BCUT2D eigenvalue weighted by Gasteiger charge is 2.16. The number of methoxy groups -OCH3 is 1. The summed E-state index contributed by atoms with van der Waals surface area (Å²) in [6.07, 6.45) is 3.19. The molecule has 0 fully saturated rings. The van der Waals surface area contributed by atoms with Crippen molar-refractivity contribution in [1.82, 2.24) is 20.3 Å². The van der Waals surface area contributed by atoms with Gasteiger partial charge in [-0.15, -0.1) is 5.10 Å². The van der Waals surface area contributed by atoms with Crippen molar-refractivity contribution >= 4 is 5.91 Å². The lowest BCUT2D eigenvalue weighted by atomic mass is 10.2. The highest BCUT2D eigenvalue weighted by molar-refractivity contribution is 5.96. The van der Waals surface area contributed by atoms with Crippen molar-refractivity contribution in [3.8, 4) is 5.88 Å². The molecular weight excluding hydrogens is 236 g/mol. The van der Waals surface area contributed by atoms with Crippen LogP contribution in [0.1, 0.15) is 21.7 Å². The van der Waals surface area contributed by atoms with Gasteiger partial charge in [0.15, 0.2) is 0 Å². The maximum absolute atomic E-state index is 11.9. The van der Waals surface area contributed by atoms with Crippen LogP contribution in [-0.4, -0.2) is 28.0 Å². The fourth-order valence-corrected chi connectivity index (χ4v) is 1.53. The van der Waals surface area contributed by atoms with Gasteiger partial charge in [0.2, 0.25) is 5.88 Å². The lowest BCUT2D eigenvalue weighted by Crippen LogP contribution is -2.23. The van der Waals surface area contributed by atoms with Crippen LogP contribution in [0.3, 0.4) is 0 Å². The molecule has 1 N–H and O–H groups in total. The SMILES string of the molecule is COc1nn(C)cc1C(=O)NCc1cnoc1C. The molecule has 0 unspecified atom stereocenters. The molecule has 0 aliphatic carbocycles. The minimum absolute atomic E-state index is 0.249. The Bertz CT molecular complexity index is 558. The Morgan fingerprint density at radius 2 is 2.39 bits per heavy atom. The Hall–Kier alpha value is -2.31. The molecular formula is C11H14N4O3. The van der Waals surface area contributed by atoms with Crippen LogP contribution in [0.15, 0.2) is 16.9 Å². The molecule has 0 bridgehead atoms.